The number of carbonyl (C=O) groups excluding carboxylic acids is 1. The smallest absolute Gasteiger partial charge is 0.296 e. The Morgan fingerprint density at radius 2 is 1.61 bits per heavy atom. The van der Waals surface area contributed by atoms with Crippen molar-refractivity contribution in [1.29, 1.82) is 0 Å². The van der Waals surface area contributed by atoms with E-state index in [0.717, 1.165) is 30.4 Å². The molecule has 1 fully saturated rings. The lowest BCUT2D eigenvalue weighted by Crippen LogP contribution is -2.35. The Kier molecular flexibility index (Phi) is 5.77. The minimum absolute atomic E-state index is 0.0542. The fourth-order valence-corrected chi connectivity index (χ4v) is 6.84. The number of sulfonamides is 1. The normalized spacial score (nSPS) is 18.3. The molecule has 0 radical (unpaired) electrons. The van der Waals surface area contributed by atoms with E-state index in [4.69, 9.17) is 8.94 Å². The summed E-state index contributed by atoms with van der Waals surface area (Å²) in [6.07, 6.45) is 2.70. The molecule has 38 heavy (non-hydrogen) atoms. The molecular weight excluding hydrogens is 506 g/mol. The average Bonchev–Trinajstić information content (AvgIpc) is 3.46. The number of piperidine rings is 1. The number of carbonyl (C=O) groups is 1. The van der Waals surface area contributed by atoms with Crippen molar-refractivity contribution in [2.24, 2.45) is 0 Å². The summed E-state index contributed by atoms with van der Waals surface area (Å²) in [7, 11) is -3.64. The predicted molar refractivity (Wildman–Crippen MR) is 141 cm³/mol. The van der Waals surface area contributed by atoms with Crippen LogP contribution < -0.4 is 10.3 Å². The van der Waals surface area contributed by atoms with Gasteiger partial charge in [-0.3, -0.25) is 14.5 Å². The van der Waals surface area contributed by atoms with Gasteiger partial charge in [0.2, 0.25) is 15.8 Å². The Labute approximate surface area is 219 Å². The van der Waals surface area contributed by atoms with E-state index in [-0.39, 0.29) is 27.5 Å². The molecule has 0 saturated carbocycles. The third-order valence-corrected chi connectivity index (χ3v) is 9.41. The van der Waals surface area contributed by atoms with E-state index >= 15 is 0 Å². The van der Waals surface area contributed by atoms with E-state index in [1.165, 1.54) is 21.3 Å². The summed E-state index contributed by atoms with van der Waals surface area (Å²) in [5, 5.41) is 4.42. The van der Waals surface area contributed by atoms with Crippen LogP contribution in [-0.4, -0.2) is 36.9 Å². The number of benzene rings is 2. The van der Waals surface area contributed by atoms with Crippen molar-refractivity contribution in [3.05, 3.63) is 86.5 Å². The van der Waals surface area contributed by atoms with Gasteiger partial charge in [0, 0.05) is 19.2 Å². The van der Waals surface area contributed by atoms with Crippen LogP contribution in [0, 0.1) is 20.8 Å². The third-order valence-electron chi connectivity index (χ3n) is 7.50. The quantitative estimate of drug-likeness (QED) is 0.376. The van der Waals surface area contributed by atoms with Gasteiger partial charge in [0.05, 0.1) is 21.9 Å². The Hall–Kier alpha value is -3.76. The van der Waals surface area contributed by atoms with Gasteiger partial charge in [0.25, 0.3) is 5.91 Å². The zero-order valence-corrected chi connectivity index (χ0v) is 22.2. The molecule has 2 aliphatic rings. The molecule has 4 aromatic rings. The molecule has 9 nitrogen and oxygen atoms in total. The van der Waals surface area contributed by atoms with Crippen molar-refractivity contribution in [2.45, 2.75) is 51.0 Å². The Balaban J connectivity index is 1.51. The standard InChI is InChI=1S/C28H27N3O6S/c1-16-13-21-22(14-17(16)2)36-27-24(26(21)32)25(31(28(27)33)23-15-18(3)37-29-23)19-7-9-20(10-8-19)38(34,35)30-11-5-4-6-12-30/h7-10,13-15,25H,4-6,11-12H2,1-3H3. The van der Waals surface area contributed by atoms with Gasteiger partial charge in [-0.2, -0.15) is 4.31 Å². The fraction of sp³-hybridized carbons (Fsp3) is 0.321. The molecule has 0 spiro atoms. The maximum Gasteiger partial charge on any atom is 0.296 e. The fourth-order valence-electron chi connectivity index (χ4n) is 5.32. The summed E-state index contributed by atoms with van der Waals surface area (Å²) >= 11 is 0. The van der Waals surface area contributed by atoms with Gasteiger partial charge in [0.15, 0.2) is 11.2 Å². The number of hydrogen-bond donors (Lipinski definition) is 0. The van der Waals surface area contributed by atoms with E-state index in [1.54, 1.807) is 37.3 Å². The van der Waals surface area contributed by atoms with Gasteiger partial charge < -0.3 is 8.94 Å². The first-order chi connectivity index (χ1) is 18.2. The summed E-state index contributed by atoms with van der Waals surface area (Å²) < 4.78 is 39.2. The molecule has 1 amide bonds. The molecule has 2 aromatic carbocycles. The van der Waals surface area contributed by atoms with Crippen LogP contribution in [0.25, 0.3) is 11.0 Å². The predicted octanol–water partition coefficient (Wildman–Crippen LogP) is 4.63. The second-order valence-electron chi connectivity index (χ2n) is 10.0. The Morgan fingerprint density at radius 1 is 0.921 bits per heavy atom. The molecule has 0 aliphatic carbocycles. The first-order valence-corrected chi connectivity index (χ1v) is 14.1. The van der Waals surface area contributed by atoms with Crippen LogP contribution >= 0.6 is 0 Å². The van der Waals surface area contributed by atoms with Gasteiger partial charge in [-0.25, -0.2) is 8.42 Å². The highest BCUT2D eigenvalue weighted by atomic mass is 32.2. The number of fused-ring (bicyclic) bond motifs is 2. The zero-order valence-electron chi connectivity index (χ0n) is 21.4. The van der Waals surface area contributed by atoms with Crippen LogP contribution in [0.4, 0.5) is 5.82 Å². The SMILES string of the molecule is Cc1cc(N2C(=O)c3oc4cc(C)c(C)cc4c(=O)c3C2c2ccc(S(=O)(=O)N3CCCCC3)cc2)no1. The Bertz CT molecular complexity index is 1750. The Morgan fingerprint density at radius 3 is 2.26 bits per heavy atom. The van der Waals surface area contributed by atoms with Crippen molar-refractivity contribution < 1.29 is 22.2 Å². The van der Waals surface area contributed by atoms with Crippen LogP contribution in [0.3, 0.4) is 0 Å². The molecule has 10 heteroatoms. The van der Waals surface area contributed by atoms with Gasteiger partial charge in [-0.05, 0) is 74.6 Å². The van der Waals surface area contributed by atoms with Crippen LogP contribution in [-0.2, 0) is 10.0 Å². The number of rotatable bonds is 4. The second-order valence-corrected chi connectivity index (χ2v) is 12.0. The topological polar surface area (TPSA) is 114 Å². The van der Waals surface area contributed by atoms with Gasteiger partial charge in [0.1, 0.15) is 11.3 Å². The molecule has 2 aliphatic heterocycles. The summed E-state index contributed by atoms with van der Waals surface area (Å²) in [6.45, 7) is 6.54. The summed E-state index contributed by atoms with van der Waals surface area (Å²) in [6, 6.07) is 10.6. The van der Waals surface area contributed by atoms with E-state index < -0.39 is 22.0 Å². The van der Waals surface area contributed by atoms with E-state index in [1.807, 2.05) is 13.8 Å². The number of aryl methyl sites for hydroxylation is 3. The molecule has 0 bridgehead atoms. The number of aromatic nitrogens is 1. The zero-order chi connectivity index (χ0) is 26.8. The molecule has 0 N–H and O–H groups in total. The molecule has 4 heterocycles. The van der Waals surface area contributed by atoms with Crippen molar-refractivity contribution in [3.8, 4) is 0 Å². The van der Waals surface area contributed by atoms with Crippen molar-refractivity contribution >= 4 is 32.7 Å². The number of anilines is 1. The lowest BCUT2D eigenvalue weighted by atomic mass is 9.97. The summed E-state index contributed by atoms with van der Waals surface area (Å²) in [5.41, 5.74) is 2.66. The highest BCUT2D eigenvalue weighted by Gasteiger charge is 2.45. The van der Waals surface area contributed by atoms with Crippen LogP contribution in [0.15, 0.2) is 61.1 Å². The average molecular weight is 534 g/mol. The highest BCUT2D eigenvalue weighted by Crippen LogP contribution is 2.41. The lowest BCUT2D eigenvalue weighted by Gasteiger charge is -2.26. The number of hydrogen-bond acceptors (Lipinski definition) is 7. The maximum atomic E-state index is 13.8. The van der Waals surface area contributed by atoms with Crippen LogP contribution in [0.1, 0.15) is 63.9 Å². The first-order valence-electron chi connectivity index (χ1n) is 12.6. The molecule has 196 valence electrons. The van der Waals surface area contributed by atoms with E-state index in [0.29, 0.717) is 35.4 Å². The van der Waals surface area contributed by atoms with Gasteiger partial charge >= 0.3 is 0 Å². The van der Waals surface area contributed by atoms with Gasteiger partial charge in [-0.1, -0.05) is 23.7 Å². The molecule has 1 atom stereocenters. The first kappa shape index (κ1) is 24.6. The summed E-state index contributed by atoms with van der Waals surface area (Å²) in [4.78, 5) is 29.1. The van der Waals surface area contributed by atoms with Crippen molar-refractivity contribution in [1.82, 2.24) is 9.46 Å². The van der Waals surface area contributed by atoms with Gasteiger partial charge in [-0.15, -0.1) is 0 Å². The minimum atomic E-state index is -3.64. The highest BCUT2D eigenvalue weighted by molar-refractivity contribution is 7.89. The van der Waals surface area contributed by atoms with Crippen LogP contribution in [0.2, 0.25) is 0 Å². The maximum absolute atomic E-state index is 13.8. The molecular formula is C28H27N3O6S. The number of nitrogens with zero attached hydrogens (tertiary/aromatic N) is 3. The van der Waals surface area contributed by atoms with E-state index in [9.17, 15) is 18.0 Å². The molecule has 2 aromatic heterocycles. The van der Waals surface area contributed by atoms with Crippen LogP contribution in [0.5, 0.6) is 0 Å². The monoisotopic (exact) mass is 533 g/mol. The second kappa shape index (κ2) is 8.92. The molecule has 1 unspecified atom stereocenters. The van der Waals surface area contributed by atoms with Crippen molar-refractivity contribution in [3.63, 3.8) is 0 Å². The molecule has 1 saturated heterocycles. The largest absolute Gasteiger partial charge is 0.450 e. The van der Waals surface area contributed by atoms with E-state index in [2.05, 4.69) is 5.16 Å². The number of amides is 1. The molecule has 6 rings (SSSR count). The summed E-state index contributed by atoms with van der Waals surface area (Å²) in [5.74, 6) is 0.174. The lowest BCUT2D eigenvalue weighted by molar-refractivity contribution is 0.0969. The van der Waals surface area contributed by atoms with Crippen molar-refractivity contribution in [2.75, 3.05) is 18.0 Å². The minimum Gasteiger partial charge on any atom is -0.450 e. The third kappa shape index (κ3) is 3.78.